The predicted molar refractivity (Wildman–Crippen MR) is 127 cm³/mol. The summed E-state index contributed by atoms with van der Waals surface area (Å²) in [5, 5.41) is 21.8. The number of ether oxygens (including phenoxy) is 1. The first-order valence-electron chi connectivity index (χ1n) is 10.5. The fourth-order valence-corrected chi connectivity index (χ4v) is 4.50. The van der Waals surface area contributed by atoms with Gasteiger partial charge in [-0.1, -0.05) is 11.3 Å². The number of fused-ring (bicyclic) bond motifs is 1. The van der Waals surface area contributed by atoms with E-state index in [-0.39, 0.29) is 0 Å². The van der Waals surface area contributed by atoms with Crippen LogP contribution in [0.5, 0.6) is 5.75 Å². The van der Waals surface area contributed by atoms with E-state index in [1.807, 2.05) is 30.3 Å². The highest BCUT2D eigenvalue weighted by Gasteiger charge is 2.17. The van der Waals surface area contributed by atoms with E-state index in [9.17, 15) is 0 Å². The monoisotopic (exact) mass is 445 g/mol. The normalized spacial score (nSPS) is 11.2. The van der Waals surface area contributed by atoms with E-state index < -0.39 is 0 Å². The fraction of sp³-hybridized carbons (Fsp3) is 0.217. The number of benzene rings is 2. The molecule has 5 rings (SSSR count). The molecule has 1 N–H and O–H groups in total. The zero-order valence-corrected chi connectivity index (χ0v) is 18.9. The molecule has 2 aromatic carbocycles. The number of H-pyrrole nitrogens is 1. The predicted octanol–water partition coefficient (Wildman–Crippen LogP) is 4.76. The second-order valence-electron chi connectivity index (χ2n) is 7.24. The molecule has 3 aromatic heterocycles. The number of nitrogens with zero attached hydrogens (tertiary/aromatic N) is 6. The number of hydrogen-bond acceptors (Lipinski definition) is 7. The summed E-state index contributed by atoms with van der Waals surface area (Å²) in [5.74, 6) is 1.44. The van der Waals surface area contributed by atoms with Crippen molar-refractivity contribution in [1.29, 1.82) is 0 Å². The highest BCUT2D eigenvalue weighted by atomic mass is 32.1. The number of aromatic amines is 1. The SMILES string of the molecule is CCN(CC)c1ccc(-c2nn3c(-c4cc(-c5ccc(OC)cc5)n[nH]4)nnc3s2)cc1. The summed E-state index contributed by atoms with van der Waals surface area (Å²) in [6, 6.07) is 18.2. The molecule has 5 aromatic rings. The van der Waals surface area contributed by atoms with Crippen LogP contribution in [0.4, 0.5) is 5.69 Å². The molecule has 0 unspecified atom stereocenters. The third kappa shape index (κ3) is 3.60. The second kappa shape index (κ2) is 8.43. The molecule has 0 fully saturated rings. The summed E-state index contributed by atoms with van der Waals surface area (Å²) in [4.78, 5) is 3.06. The van der Waals surface area contributed by atoms with Crippen LogP contribution in [0, 0.1) is 0 Å². The van der Waals surface area contributed by atoms with Gasteiger partial charge in [-0.3, -0.25) is 5.10 Å². The summed E-state index contributed by atoms with van der Waals surface area (Å²) in [6.07, 6.45) is 0. The quantitative estimate of drug-likeness (QED) is 0.389. The Morgan fingerprint density at radius 2 is 1.69 bits per heavy atom. The minimum absolute atomic E-state index is 0.634. The molecule has 3 heterocycles. The van der Waals surface area contributed by atoms with Crippen LogP contribution in [0.1, 0.15) is 13.8 Å². The lowest BCUT2D eigenvalue weighted by molar-refractivity contribution is 0.415. The molecule has 0 spiro atoms. The van der Waals surface area contributed by atoms with Crippen molar-refractivity contribution >= 4 is 22.0 Å². The zero-order valence-electron chi connectivity index (χ0n) is 18.1. The third-order valence-corrected chi connectivity index (χ3v) is 6.39. The molecule has 0 atom stereocenters. The van der Waals surface area contributed by atoms with E-state index in [1.165, 1.54) is 17.0 Å². The number of methoxy groups -OCH3 is 1. The number of rotatable bonds is 7. The highest BCUT2D eigenvalue weighted by Crippen LogP contribution is 2.30. The molecule has 0 amide bonds. The molecular formula is C23H23N7OS. The lowest BCUT2D eigenvalue weighted by Crippen LogP contribution is -2.21. The van der Waals surface area contributed by atoms with E-state index in [0.29, 0.717) is 5.82 Å². The van der Waals surface area contributed by atoms with Gasteiger partial charge >= 0.3 is 0 Å². The number of nitrogens with one attached hydrogen (secondary N) is 1. The average molecular weight is 446 g/mol. The maximum absolute atomic E-state index is 5.23. The Bertz CT molecular complexity index is 1330. The molecule has 0 saturated carbocycles. The fourth-order valence-electron chi connectivity index (χ4n) is 3.65. The van der Waals surface area contributed by atoms with Crippen molar-refractivity contribution in [3.63, 3.8) is 0 Å². The van der Waals surface area contributed by atoms with Gasteiger partial charge in [0.1, 0.15) is 16.5 Å². The summed E-state index contributed by atoms with van der Waals surface area (Å²) in [7, 11) is 1.65. The van der Waals surface area contributed by atoms with Crippen molar-refractivity contribution in [1.82, 2.24) is 30.0 Å². The van der Waals surface area contributed by atoms with Gasteiger partial charge in [0.15, 0.2) is 0 Å². The molecule has 0 aliphatic heterocycles. The van der Waals surface area contributed by atoms with Crippen molar-refractivity contribution in [3.8, 4) is 39.1 Å². The van der Waals surface area contributed by atoms with Crippen molar-refractivity contribution in [2.24, 2.45) is 0 Å². The van der Waals surface area contributed by atoms with E-state index in [4.69, 9.17) is 9.84 Å². The average Bonchev–Trinajstić information content (AvgIpc) is 3.56. The molecule has 0 radical (unpaired) electrons. The lowest BCUT2D eigenvalue weighted by Gasteiger charge is -2.20. The first-order valence-corrected chi connectivity index (χ1v) is 11.3. The standard InChI is InChI=1S/C23H23N7OS/c1-4-29(5-2)17-10-6-16(7-11-17)22-28-30-21(26-27-23(30)32-22)20-14-19(24-25-20)15-8-12-18(31-3)13-9-15/h6-14H,4-5H2,1-3H3,(H,24,25). The van der Waals surface area contributed by atoms with E-state index in [2.05, 4.69) is 63.4 Å². The minimum Gasteiger partial charge on any atom is -0.497 e. The largest absolute Gasteiger partial charge is 0.497 e. The smallest absolute Gasteiger partial charge is 0.235 e. The van der Waals surface area contributed by atoms with Gasteiger partial charge in [-0.05, 0) is 68.4 Å². The van der Waals surface area contributed by atoms with Crippen LogP contribution >= 0.6 is 11.3 Å². The second-order valence-corrected chi connectivity index (χ2v) is 8.20. The van der Waals surface area contributed by atoms with Gasteiger partial charge in [-0.2, -0.15) is 14.7 Å². The number of anilines is 1. The van der Waals surface area contributed by atoms with Crippen LogP contribution < -0.4 is 9.64 Å². The van der Waals surface area contributed by atoms with Crippen molar-refractivity contribution in [2.75, 3.05) is 25.1 Å². The van der Waals surface area contributed by atoms with Gasteiger partial charge in [0.25, 0.3) is 0 Å². The van der Waals surface area contributed by atoms with E-state index >= 15 is 0 Å². The van der Waals surface area contributed by atoms with Crippen molar-refractivity contribution in [2.45, 2.75) is 13.8 Å². The third-order valence-electron chi connectivity index (χ3n) is 5.44. The number of aromatic nitrogens is 6. The van der Waals surface area contributed by atoms with Crippen molar-refractivity contribution in [3.05, 3.63) is 54.6 Å². The van der Waals surface area contributed by atoms with Gasteiger partial charge in [-0.15, -0.1) is 10.2 Å². The first kappa shape index (κ1) is 20.2. The Morgan fingerprint density at radius 1 is 0.969 bits per heavy atom. The van der Waals surface area contributed by atoms with E-state index in [1.54, 1.807) is 11.6 Å². The zero-order chi connectivity index (χ0) is 22.1. The Labute approximate surface area is 189 Å². The van der Waals surface area contributed by atoms with Gasteiger partial charge in [0.05, 0.1) is 12.8 Å². The molecule has 162 valence electrons. The Balaban J connectivity index is 1.44. The van der Waals surface area contributed by atoms with Crippen LogP contribution in [-0.4, -0.2) is 50.2 Å². The molecular weight excluding hydrogens is 422 g/mol. The maximum Gasteiger partial charge on any atom is 0.235 e. The molecule has 0 aliphatic rings. The van der Waals surface area contributed by atoms with Crippen LogP contribution in [0.2, 0.25) is 0 Å². The minimum atomic E-state index is 0.634. The molecule has 0 aliphatic carbocycles. The molecule has 0 saturated heterocycles. The van der Waals surface area contributed by atoms with Crippen LogP contribution in [0.15, 0.2) is 54.6 Å². The van der Waals surface area contributed by atoms with Gasteiger partial charge in [0.2, 0.25) is 10.8 Å². The van der Waals surface area contributed by atoms with Crippen molar-refractivity contribution < 1.29 is 4.74 Å². The highest BCUT2D eigenvalue weighted by molar-refractivity contribution is 7.19. The first-order chi connectivity index (χ1) is 15.7. The van der Waals surface area contributed by atoms with Gasteiger partial charge in [0, 0.05) is 29.9 Å². The van der Waals surface area contributed by atoms with Gasteiger partial charge < -0.3 is 9.64 Å². The Morgan fingerprint density at radius 3 is 2.38 bits per heavy atom. The number of hydrogen-bond donors (Lipinski definition) is 1. The Kier molecular flexibility index (Phi) is 5.32. The van der Waals surface area contributed by atoms with E-state index in [0.717, 1.165) is 51.3 Å². The summed E-state index contributed by atoms with van der Waals surface area (Å²) >= 11 is 1.52. The molecule has 9 heteroatoms. The molecule has 32 heavy (non-hydrogen) atoms. The summed E-state index contributed by atoms with van der Waals surface area (Å²) in [5.41, 5.74) is 4.84. The maximum atomic E-state index is 5.23. The molecule has 8 nitrogen and oxygen atoms in total. The van der Waals surface area contributed by atoms with Crippen LogP contribution in [0.3, 0.4) is 0 Å². The summed E-state index contributed by atoms with van der Waals surface area (Å²) in [6.45, 7) is 6.30. The Hall–Kier alpha value is -3.72. The molecule has 0 bridgehead atoms. The van der Waals surface area contributed by atoms with Gasteiger partial charge in [-0.25, -0.2) is 0 Å². The topological polar surface area (TPSA) is 84.2 Å². The summed E-state index contributed by atoms with van der Waals surface area (Å²) < 4.78 is 6.99. The lowest BCUT2D eigenvalue weighted by atomic mass is 10.1. The van der Waals surface area contributed by atoms with Crippen LogP contribution in [-0.2, 0) is 0 Å². The van der Waals surface area contributed by atoms with Crippen LogP contribution in [0.25, 0.3) is 38.3 Å².